The SMILES string of the molecule is [2H]c1c([2H])c(-n2c3c([2H])c([2H])c([2H])c([2H])c3c3c([2H])c([2H])c([2H])c([2H])c32)c([2H])c2c1B1c3c(cc(-c4ccc5oc6ccccc6c5c4)cc3N(c3ccccc3-c3cccc(C(C)(C)C)c3)c3c([2H])c(-n4c5c([2H])c([2H])c([2H])c([2H])c5c5c([2H])c([2H])c([2H])c([2H])c54)c([2H])c([2H])c31)N2c1ccccc1-c1cccc(C(C)(C)C)c1. The van der Waals surface area contributed by atoms with E-state index in [1.165, 1.54) is 0 Å². The Hall–Kier alpha value is -11.1. The molecule has 0 saturated carbocycles. The zero-order valence-corrected chi connectivity index (χ0v) is 50.7. The predicted octanol–water partition coefficient (Wildman–Crippen LogP) is 21.5. The van der Waals surface area contributed by atoms with E-state index in [1.54, 1.807) is 21.9 Å². The molecule has 0 unspecified atom stereocenters. The quantitative estimate of drug-likeness (QED) is 0.149. The van der Waals surface area contributed by atoms with Crippen LogP contribution in [0.15, 0.2) is 289 Å². The molecule has 0 spiro atoms. The first-order chi connectivity index (χ1) is 54.1. The van der Waals surface area contributed by atoms with Crippen LogP contribution in [0.3, 0.4) is 0 Å². The minimum absolute atomic E-state index is 0.156. The van der Waals surface area contributed by atoms with Crippen molar-refractivity contribution in [1.82, 2.24) is 9.13 Å². The second kappa shape index (κ2) is 20.2. The molecule has 92 heavy (non-hydrogen) atoms. The van der Waals surface area contributed by atoms with Gasteiger partial charge in [-0.25, -0.2) is 0 Å². The summed E-state index contributed by atoms with van der Waals surface area (Å²) in [5.41, 5.74) is 4.07. The first-order valence-electron chi connectivity index (χ1n) is 41.5. The average Bonchev–Trinajstić information content (AvgIpc) is 0.984. The molecule has 0 aliphatic carbocycles. The molecule has 6 heteroatoms. The highest BCUT2D eigenvalue weighted by molar-refractivity contribution is 7.00. The number of nitrogens with zero attached hydrogens (tertiary/aromatic N) is 4. The fourth-order valence-electron chi connectivity index (χ4n) is 13.7. The standard InChI is InChI=1S/C86H65BN4O/c1-85(2,3)58-25-21-23-55(47-58)62-27-7-14-34-72(62)90-78-52-60(88-74-36-16-9-29-64(74)65-30-10-17-37-75(65)88)42-44-70(78)87-71-45-43-61(89-76-38-18-11-31-66(76)67-32-12-19-39-77(67)89)53-79(71)91(73-35-15-8-28-63(73)56-24-22-26-59(48-56)86(4,5)6)81-51-57(50-80(90)84(81)87)54-41-46-83-69(49-54)68-33-13-20-40-82(68)92-83/h7-53H,1-6H3/i9D,10D,11D,12D,16D,17D,18D,19D,29D,30D,31D,32D,36D,37D,38D,39D,42D,43D,44D,45D,52D,53D. The fourth-order valence-corrected chi connectivity index (χ4v) is 13.7. The van der Waals surface area contributed by atoms with Gasteiger partial charge in [-0.05, 0) is 151 Å². The van der Waals surface area contributed by atoms with Crippen molar-refractivity contribution >= 4 is 123 Å². The number of benzene rings is 13. The van der Waals surface area contributed by atoms with Crippen molar-refractivity contribution in [2.75, 3.05) is 9.80 Å². The summed E-state index contributed by atoms with van der Waals surface area (Å²) in [7, 11) is 0. The molecule has 0 radical (unpaired) electrons. The van der Waals surface area contributed by atoms with Crippen LogP contribution < -0.4 is 26.2 Å². The van der Waals surface area contributed by atoms with E-state index in [-0.39, 0.29) is 55.2 Å². The van der Waals surface area contributed by atoms with Gasteiger partial charge < -0.3 is 23.4 Å². The summed E-state index contributed by atoms with van der Waals surface area (Å²) in [5.74, 6) is 0. The first-order valence-corrected chi connectivity index (χ1v) is 30.5. The highest BCUT2D eigenvalue weighted by Gasteiger charge is 2.45. The van der Waals surface area contributed by atoms with Gasteiger partial charge in [0.15, 0.2) is 0 Å². The Labute approximate surface area is 567 Å². The third-order valence-corrected chi connectivity index (χ3v) is 18.1. The number of hydrogen-bond acceptors (Lipinski definition) is 3. The number of aromatic nitrogens is 2. The molecule has 16 aromatic rings. The van der Waals surface area contributed by atoms with Crippen LogP contribution in [0.2, 0.25) is 0 Å². The highest BCUT2D eigenvalue weighted by atomic mass is 16.3. The Morgan fingerprint density at radius 3 is 1.25 bits per heavy atom. The van der Waals surface area contributed by atoms with Crippen molar-refractivity contribution in [2.24, 2.45) is 0 Å². The number of fused-ring (bicyclic) bond motifs is 13. The molecule has 3 aromatic heterocycles. The van der Waals surface area contributed by atoms with Crippen molar-refractivity contribution < 1.29 is 34.6 Å². The second-order valence-corrected chi connectivity index (χ2v) is 25.6. The smallest absolute Gasteiger partial charge is 0.252 e. The average molecular weight is 1200 g/mol. The Bertz CT molecular complexity index is 6580. The zero-order valence-electron chi connectivity index (χ0n) is 72.7. The molecule has 0 bridgehead atoms. The van der Waals surface area contributed by atoms with Crippen LogP contribution in [0, 0.1) is 0 Å². The van der Waals surface area contributed by atoms with Gasteiger partial charge >= 0.3 is 0 Å². The van der Waals surface area contributed by atoms with Crippen LogP contribution in [-0.4, -0.2) is 15.8 Å². The van der Waals surface area contributed by atoms with E-state index in [1.807, 2.05) is 127 Å². The molecule has 5 nitrogen and oxygen atoms in total. The van der Waals surface area contributed by atoms with Crippen LogP contribution in [0.1, 0.15) is 82.8 Å². The maximum absolute atomic E-state index is 11.4. The molecular formula is C86H65BN4O. The number of rotatable bonds is 7. The maximum atomic E-state index is 11.4. The van der Waals surface area contributed by atoms with Crippen molar-refractivity contribution in [1.29, 1.82) is 0 Å². The largest absolute Gasteiger partial charge is 0.456 e. The molecule has 0 fully saturated rings. The van der Waals surface area contributed by atoms with Crippen LogP contribution in [0.25, 0.3) is 110 Å². The molecule has 5 heterocycles. The van der Waals surface area contributed by atoms with Gasteiger partial charge in [0.2, 0.25) is 0 Å². The molecule has 0 N–H and O–H groups in total. The lowest BCUT2D eigenvalue weighted by Gasteiger charge is -2.45. The van der Waals surface area contributed by atoms with Crippen molar-refractivity contribution in [2.45, 2.75) is 52.4 Å². The van der Waals surface area contributed by atoms with E-state index in [4.69, 9.17) is 9.90 Å². The highest BCUT2D eigenvalue weighted by Crippen LogP contribution is 2.51. The third-order valence-electron chi connectivity index (χ3n) is 18.1. The van der Waals surface area contributed by atoms with E-state index >= 15 is 0 Å². The molecule has 18 rings (SSSR count). The Morgan fingerprint density at radius 1 is 0.337 bits per heavy atom. The Balaban J connectivity index is 1.09. The van der Waals surface area contributed by atoms with Crippen LogP contribution >= 0.6 is 0 Å². The first kappa shape index (κ1) is 35.9. The molecule has 0 saturated heterocycles. The van der Waals surface area contributed by atoms with E-state index in [2.05, 4.69) is 53.7 Å². The van der Waals surface area contributed by atoms with Crippen LogP contribution in [-0.2, 0) is 10.8 Å². The molecular weight excluding hydrogens is 1120 g/mol. The summed E-state index contributed by atoms with van der Waals surface area (Å²) >= 11 is 0. The van der Waals surface area contributed by atoms with Crippen molar-refractivity contribution in [3.05, 3.63) is 296 Å². The molecule has 13 aromatic carbocycles. The third kappa shape index (κ3) is 8.26. The second-order valence-electron chi connectivity index (χ2n) is 25.6. The summed E-state index contributed by atoms with van der Waals surface area (Å²) in [5, 5.41) is 0.116. The van der Waals surface area contributed by atoms with Gasteiger partial charge in [-0.15, -0.1) is 0 Å². The summed E-state index contributed by atoms with van der Waals surface area (Å²) < 4.78 is 225. The molecule has 0 amide bonds. The summed E-state index contributed by atoms with van der Waals surface area (Å²) in [6, 6.07) is 32.0. The topological polar surface area (TPSA) is 29.5 Å². The minimum Gasteiger partial charge on any atom is -0.456 e. The number of anilines is 6. The number of hydrogen-bond donors (Lipinski definition) is 0. The lowest BCUT2D eigenvalue weighted by atomic mass is 9.33. The predicted molar refractivity (Wildman–Crippen MR) is 390 cm³/mol. The van der Waals surface area contributed by atoms with Gasteiger partial charge in [-0.1, -0.05) is 235 Å². The Kier molecular flexibility index (Phi) is 7.90. The van der Waals surface area contributed by atoms with Crippen LogP contribution in [0.4, 0.5) is 34.1 Å². The molecule has 2 aliphatic heterocycles. The van der Waals surface area contributed by atoms with Crippen molar-refractivity contribution in [3.8, 4) is 44.8 Å². The van der Waals surface area contributed by atoms with Gasteiger partial charge in [0, 0.05) is 77.6 Å². The van der Waals surface area contributed by atoms with E-state index in [0.717, 1.165) is 31.0 Å². The summed E-state index contributed by atoms with van der Waals surface area (Å²) in [4.78, 5) is 3.59. The Morgan fingerprint density at radius 2 is 0.772 bits per heavy atom. The van der Waals surface area contributed by atoms with Crippen molar-refractivity contribution in [3.63, 3.8) is 0 Å². The van der Waals surface area contributed by atoms with Gasteiger partial charge in [-0.3, -0.25) is 0 Å². The number of furan rings is 1. The van der Waals surface area contributed by atoms with Crippen LogP contribution in [0.5, 0.6) is 0 Å². The lowest BCUT2D eigenvalue weighted by molar-refractivity contribution is 0.590. The van der Waals surface area contributed by atoms with E-state index in [9.17, 15) is 24.7 Å². The fraction of sp³-hybridized carbons (Fsp3) is 0.0930. The normalized spacial score (nSPS) is 16.4. The van der Waals surface area contributed by atoms with Gasteiger partial charge in [0.25, 0.3) is 6.71 Å². The molecule has 438 valence electrons. The zero-order chi connectivity index (χ0) is 80.9. The van der Waals surface area contributed by atoms with E-state index in [0.29, 0.717) is 61.4 Å². The lowest BCUT2D eigenvalue weighted by Crippen LogP contribution is -2.61. The molecule has 0 atom stereocenters. The number of para-hydroxylation sites is 7. The van der Waals surface area contributed by atoms with E-state index < -0.39 is 184 Å². The summed E-state index contributed by atoms with van der Waals surface area (Å²) in [6.07, 6.45) is 0. The summed E-state index contributed by atoms with van der Waals surface area (Å²) in [6.45, 7) is 10.9. The molecule has 2 aliphatic rings. The van der Waals surface area contributed by atoms with Gasteiger partial charge in [0.05, 0.1) is 63.6 Å². The maximum Gasteiger partial charge on any atom is 0.252 e. The minimum atomic E-state index is -1.61. The van der Waals surface area contributed by atoms with Gasteiger partial charge in [0.1, 0.15) is 11.2 Å². The van der Waals surface area contributed by atoms with Gasteiger partial charge in [-0.2, -0.15) is 0 Å². The monoisotopic (exact) mass is 1200 g/mol.